The van der Waals surface area contributed by atoms with Crippen LogP contribution in [0.1, 0.15) is 42.6 Å². The van der Waals surface area contributed by atoms with Crippen molar-refractivity contribution in [3.63, 3.8) is 0 Å². The van der Waals surface area contributed by atoms with Crippen molar-refractivity contribution in [2.45, 2.75) is 45.3 Å². The number of carbonyl (C=O) groups is 2. The van der Waals surface area contributed by atoms with Gasteiger partial charge < -0.3 is 14.8 Å². The molecular formula is C34H36Cl2N4O6. The van der Waals surface area contributed by atoms with Crippen LogP contribution < -0.4 is 21.3 Å². The first-order chi connectivity index (χ1) is 22.0. The molecule has 242 valence electrons. The van der Waals surface area contributed by atoms with Crippen LogP contribution in [0, 0.1) is 0 Å². The maximum absolute atomic E-state index is 13.7. The Balaban J connectivity index is 1.39. The number of carbonyl (C=O) groups excluding carboxylic acids is 2. The number of hydrogen-bond donors (Lipinski definition) is 1. The van der Waals surface area contributed by atoms with E-state index in [1.165, 1.54) is 29.5 Å². The molecule has 5 rings (SSSR count). The summed E-state index contributed by atoms with van der Waals surface area (Å²) in [7, 11) is 1.61. The number of esters is 1. The van der Waals surface area contributed by atoms with E-state index in [9.17, 15) is 19.2 Å². The molecule has 12 heteroatoms. The van der Waals surface area contributed by atoms with Crippen LogP contribution in [0.25, 0.3) is 16.6 Å². The van der Waals surface area contributed by atoms with Gasteiger partial charge in [0.25, 0.3) is 11.5 Å². The van der Waals surface area contributed by atoms with Crippen molar-refractivity contribution in [2.75, 3.05) is 26.2 Å². The van der Waals surface area contributed by atoms with Gasteiger partial charge in [-0.25, -0.2) is 14.2 Å². The lowest BCUT2D eigenvalue weighted by molar-refractivity contribution is -0.149. The van der Waals surface area contributed by atoms with E-state index in [1.807, 2.05) is 0 Å². The highest BCUT2D eigenvalue weighted by Gasteiger charge is 2.26. The molecule has 1 aromatic heterocycles. The Kier molecular flexibility index (Phi) is 10.5. The number of nitrogens with zero attached hydrogens (tertiary/aromatic N) is 3. The fraction of sp³-hybridized carbons (Fsp3) is 0.353. The molecule has 1 saturated heterocycles. The highest BCUT2D eigenvalue weighted by Crippen LogP contribution is 2.24. The minimum atomic E-state index is -1.06. The molecule has 1 N–H and O–H groups in total. The minimum absolute atomic E-state index is 0.0511. The number of benzene rings is 3. The lowest BCUT2D eigenvalue weighted by Crippen LogP contribution is -2.44. The van der Waals surface area contributed by atoms with Crippen molar-refractivity contribution in [3.05, 3.63) is 103 Å². The van der Waals surface area contributed by atoms with E-state index in [2.05, 4.69) is 10.2 Å². The SMILES string of the molecule is CC(C)OC(=O)[C@H](Cc1ccc(-n2c(=O)c3cc(OCCN4CCCC4)ccc3n(C)c2=O)cc1)NC(=O)c1c(Cl)cccc1Cl. The average molecular weight is 668 g/mol. The fourth-order valence-corrected chi connectivity index (χ4v) is 6.09. The van der Waals surface area contributed by atoms with E-state index in [0.29, 0.717) is 34.5 Å². The van der Waals surface area contributed by atoms with E-state index < -0.39 is 35.3 Å². The molecule has 1 fully saturated rings. The standard InChI is InChI=1S/C34H36Cl2N4O6/c1-21(2)46-33(43)28(37-31(41)30-26(35)7-6-8-27(30)36)19-22-9-11-23(12-10-22)40-32(42)25-20-24(13-14-29(25)38(3)34(40)44)45-18-17-39-15-4-5-16-39/h6-14,20-21,28H,4-5,15-19H2,1-3H3,(H,37,41)/t28-/m0/s1. The summed E-state index contributed by atoms with van der Waals surface area (Å²) >= 11 is 12.4. The lowest BCUT2D eigenvalue weighted by Gasteiger charge is -2.20. The van der Waals surface area contributed by atoms with Crippen LogP contribution in [0.15, 0.2) is 70.3 Å². The molecule has 0 unspecified atom stereocenters. The van der Waals surface area contributed by atoms with Crippen molar-refractivity contribution in [2.24, 2.45) is 7.05 Å². The highest BCUT2D eigenvalue weighted by atomic mass is 35.5. The summed E-state index contributed by atoms with van der Waals surface area (Å²) in [5.74, 6) is -0.694. The fourth-order valence-electron chi connectivity index (χ4n) is 5.53. The van der Waals surface area contributed by atoms with Gasteiger partial charge in [0.2, 0.25) is 0 Å². The van der Waals surface area contributed by atoms with Crippen LogP contribution in [0.2, 0.25) is 10.0 Å². The van der Waals surface area contributed by atoms with Gasteiger partial charge in [0, 0.05) is 20.0 Å². The van der Waals surface area contributed by atoms with E-state index in [4.69, 9.17) is 32.7 Å². The second kappa shape index (κ2) is 14.5. The number of nitrogens with one attached hydrogen (secondary N) is 1. The monoisotopic (exact) mass is 666 g/mol. The third-order valence-electron chi connectivity index (χ3n) is 7.88. The molecule has 0 saturated carbocycles. The van der Waals surface area contributed by atoms with Crippen molar-refractivity contribution < 1.29 is 19.1 Å². The van der Waals surface area contributed by atoms with Crippen LogP contribution in [-0.2, 0) is 23.0 Å². The number of aryl methyl sites for hydroxylation is 1. The summed E-state index contributed by atoms with van der Waals surface area (Å²) in [5.41, 5.74) is 0.573. The number of likely N-dealkylation sites (tertiary alicyclic amines) is 1. The van der Waals surface area contributed by atoms with Crippen molar-refractivity contribution in [1.29, 1.82) is 0 Å². The summed E-state index contributed by atoms with van der Waals surface area (Å²) in [6.45, 7) is 6.88. The maximum atomic E-state index is 13.7. The Morgan fingerprint density at radius 3 is 2.28 bits per heavy atom. The number of amides is 1. The zero-order valence-corrected chi connectivity index (χ0v) is 27.4. The molecule has 1 aliphatic heterocycles. The zero-order chi connectivity index (χ0) is 33.0. The number of halogens is 2. The van der Waals surface area contributed by atoms with Gasteiger partial charge in [0.15, 0.2) is 0 Å². The van der Waals surface area contributed by atoms with Gasteiger partial charge in [0.1, 0.15) is 18.4 Å². The molecule has 10 nitrogen and oxygen atoms in total. The van der Waals surface area contributed by atoms with E-state index in [0.717, 1.165) is 24.2 Å². The number of fused-ring (bicyclic) bond motifs is 1. The Morgan fingerprint density at radius 1 is 0.957 bits per heavy atom. The molecular weight excluding hydrogens is 631 g/mol. The third kappa shape index (κ3) is 7.46. The second-order valence-corrected chi connectivity index (χ2v) is 12.4. The Hall–Kier alpha value is -4.12. The molecule has 2 heterocycles. The smallest absolute Gasteiger partial charge is 0.335 e. The molecule has 1 aliphatic rings. The zero-order valence-electron chi connectivity index (χ0n) is 25.9. The molecule has 0 aliphatic carbocycles. The van der Waals surface area contributed by atoms with E-state index in [-0.39, 0.29) is 22.0 Å². The van der Waals surface area contributed by atoms with Gasteiger partial charge in [-0.05, 0) is 87.8 Å². The van der Waals surface area contributed by atoms with E-state index in [1.54, 1.807) is 69.4 Å². The van der Waals surface area contributed by atoms with Crippen LogP contribution >= 0.6 is 23.2 Å². The lowest BCUT2D eigenvalue weighted by atomic mass is 10.0. The summed E-state index contributed by atoms with van der Waals surface area (Å²) in [4.78, 5) is 55.4. The summed E-state index contributed by atoms with van der Waals surface area (Å²) < 4.78 is 13.9. The topological polar surface area (TPSA) is 112 Å². The average Bonchev–Trinajstić information content (AvgIpc) is 3.54. The third-order valence-corrected chi connectivity index (χ3v) is 8.51. The molecule has 0 radical (unpaired) electrons. The van der Waals surface area contributed by atoms with Crippen LogP contribution in [0.4, 0.5) is 0 Å². The van der Waals surface area contributed by atoms with Crippen molar-refractivity contribution in [3.8, 4) is 11.4 Å². The van der Waals surface area contributed by atoms with E-state index >= 15 is 0 Å². The summed E-state index contributed by atoms with van der Waals surface area (Å²) in [6, 6.07) is 15.4. The van der Waals surface area contributed by atoms with Gasteiger partial charge >= 0.3 is 11.7 Å². The number of ether oxygens (including phenoxy) is 2. The van der Waals surface area contributed by atoms with Gasteiger partial charge in [0.05, 0.1) is 38.3 Å². The van der Waals surface area contributed by atoms with Gasteiger partial charge in [-0.1, -0.05) is 41.4 Å². The first kappa shape index (κ1) is 33.2. The van der Waals surface area contributed by atoms with Gasteiger partial charge in [-0.15, -0.1) is 0 Å². The Morgan fingerprint density at radius 2 is 1.63 bits per heavy atom. The van der Waals surface area contributed by atoms with Crippen LogP contribution in [-0.4, -0.2) is 64.3 Å². The van der Waals surface area contributed by atoms with Crippen LogP contribution in [0.5, 0.6) is 5.75 Å². The molecule has 1 atom stereocenters. The van der Waals surface area contributed by atoms with Gasteiger partial charge in [-0.3, -0.25) is 19.1 Å². The van der Waals surface area contributed by atoms with Crippen molar-refractivity contribution >= 4 is 46.0 Å². The molecule has 46 heavy (non-hydrogen) atoms. The highest BCUT2D eigenvalue weighted by molar-refractivity contribution is 6.39. The number of rotatable bonds is 11. The predicted octanol–water partition coefficient (Wildman–Crippen LogP) is 4.76. The molecule has 0 spiro atoms. The maximum Gasteiger partial charge on any atom is 0.335 e. The molecule has 3 aromatic carbocycles. The molecule has 0 bridgehead atoms. The number of aromatic nitrogens is 2. The first-order valence-electron chi connectivity index (χ1n) is 15.2. The second-order valence-electron chi connectivity index (χ2n) is 11.5. The molecule has 1 amide bonds. The predicted molar refractivity (Wildman–Crippen MR) is 179 cm³/mol. The summed E-state index contributed by atoms with van der Waals surface area (Å²) in [5, 5.41) is 3.33. The Bertz CT molecular complexity index is 1840. The largest absolute Gasteiger partial charge is 0.492 e. The quantitative estimate of drug-likeness (QED) is 0.230. The summed E-state index contributed by atoms with van der Waals surface area (Å²) in [6.07, 6.45) is 2.06. The molecule has 4 aromatic rings. The minimum Gasteiger partial charge on any atom is -0.492 e. The van der Waals surface area contributed by atoms with Crippen molar-refractivity contribution in [1.82, 2.24) is 19.4 Å². The first-order valence-corrected chi connectivity index (χ1v) is 15.9. The van der Waals surface area contributed by atoms with Gasteiger partial charge in [-0.2, -0.15) is 0 Å². The normalized spacial score (nSPS) is 14.0. The van der Waals surface area contributed by atoms with Crippen LogP contribution in [0.3, 0.4) is 0 Å². The Labute approximate surface area is 276 Å². The number of hydrogen-bond acceptors (Lipinski definition) is 7.